The monoisotopic (exact) mass is 294 g/mol. The molecule has 0 aliphatic carbocycles. The third-order valence-corrected chi connectivity index (χ3v) is 3.79. The number of hydrogen-bond donors (Lipinski definition) is 3. The molecule has 1 aliphatic rings. The van der Waals surface area contributed by atoms with Gasteiger partial charge in [0.2, 0.25) is 0 Å². The van der Waals surface area contributed by atoms with Crippen LogP contribution in [0, 0.1) is 16.0 Å². The number of nitrogen functional groups attached to an aromatic ring is 1. The highest BCUT2D eigenvalue weighted by Gasteiger charge is 2.24. The third-order valence-electron chi connectivity index (χ3n) is 3.79. The molecule has 116 valence electrons. The van der Waals surface area contributed by atoms with E-state index >= 15 is 0 Å². The van der Waals surface area contributed by atoms with Gasteiger partial charge in [-0.2, -0.15) is 0 Å². The molecule has 1 atom stereocenters. The Morgan fingerprint density at radius 3 is 2.81 bits per heavy atom. The molecule has 0 radical (unpaired) electrons. The lowest BCUT2D eigenvalue weighted by atomic mass is 10.1. The van der Waals surface area contributed by atoms with Gasteiger partial charge in [-0.25, -0.2) is 10.8 Å². The number of likely N-dealkylation sites (tertiary alicyclic amines) is 1. The third kappa shape index (κ3) is 4.02. The van der Waals surface area contributed by atoms with E-state index < -0.39 is 4.92 Å². The van der Waals surface area contributed by atoms with Crippen molar-refractivity contribution in [1.82, 2.24) is 9.88 Å². The Labute approximate surface area is 123 Å². The fraction of sp³-hybridized carbons (Fsp3) is 0.615. The van der Waals surface area contributed by atoms with Gasteiger partial charge >= 0.3 is 0 Å². The van der Waals surface area contributed by atoms with E-state index in [1.807, 2.05) is 0 Å². The summed E-state index contributed by atoms with van der Waals surface area (Å²) in [6.07, 6.45) is 1.13. The maximum Gasteiger partial charge on any atom is 0.276 e. The average Bonchev–Trinajstić information content (AvgIpc) is 2.93. The van der Waals surface area contributed by atoms with E-state index in [1.54, 1.807) is 0 Å². The second-order valence-corrected chi connectivity index (χ2v) is 5.62. The predicted octanol–water partition coefficient (Wildman–Crippen LogP) is 1.42. The first-order valence-electron chi connectivity index (χ1n) is 7.10. The Morgan fingerprint density at radius 1 is 1.52 bits per heavy atom. The van der Waals surface area contributed by atoms with Crippen LogP contribution in [0.3, 0.4) is 0 Å². The van der Waals surface area contributed by atoms with Gasteiger partial charge in [0.25, 0.3) is 5.69 Å². The highest BCUT2D eigenvalue weighted by Crippen LogP contribution is 2.22. The molecule has 0 amide bonds. The number of hydrogen-bond acceptors (Lipinski definition) is 7. The first kappa shape index (κ1) is 15.5. The van der Waals surface area contributed by atoms with Gasteiger partial charge in [-0.3, -0.25) is 10.1 Å². The van der Waals surface area contributed by atoms with E-state index in [0.717, 1.165) is 26.1 Å². The lowest BCUT2D eigenvalue weighted by Crippen LogP contribution is -2.29. The van der Waals surface area contributed by atoms with Gasteiger partial charge in [-0.15, -0.1) is 0 Å². The Bertz CT molecular complexity index is 507. The topological polar surface area (TPSA) is 109 Å². The highest BCUT2D eigenvalue weighted by molar-refractivity contribution is 5.54. The summed E-state index contributed by atoms with van der Waals surface area (Å²) >= 11 is 0. The van der Waals surface area contributed by atoms with Crippen LogP contribution in [0.4, 0.5) is 17.3 Å². The van der Waals surface area contributed by atoms with Crippen LogP contribution in [0.5, 0.6) is 0 Å². The minimum Gasteiger partial charge on any atom is -0.369 e. The van der Waals surface area contributed by atoms with E-state index in [9.17, 15) is 10.1 Å². The van der Waals surface area contributed by atoms with Crippen molar-refractivity contribution < 1.29 is 4.92 Å². The maximum atomic E-state index is 10.9. The Hall–Kier alpha value is -1.93. The van der Waals surface area contributed by atoms with Gasteiger partial charge in [0.05, 0.1) is 17.1 Å². The van der Waals surface area contributed by atoms with E-state index in [1.165, 1.54) is 12.1 Å². The van der Waals surface area contributed by atoms with E-state index in [4.69, 9.17) is 5.84 Å². The molecule has 0 spiro atoms. The van der Waals surface area contributed by atoms with Crippen LogP contribution in [0.15, 0.2) is 12.1 Å². The molecule has 0 aromatic carbocycles. The summed E-state index contributed by atoms with van der Waals surface area (Å²) < 4.78 is 0. The molecule has 1 aliphatic heterocycles. The van der Waals surface area contributed by atoms with Crippen molar-refractivity contribution in [1.29, 1.82) is 0 Å². The zero-order chi connectivity index (χ0) is 15.4. The van der Waals surface area contributed by atoms with Crippen molar-refractivity contribution in [2.24, 2.45) is 11.8 Å². The highest BCUT2D eigenvalue weighted by atomic mass is 16.6. The average molecular weight is 294 g/mol. The molecule has 2 heterocycles. The lowest BCUT2D eigenvalue weighted by molar-refractivity contribution is -0.384. The summed E-state index contributed by atoms with van der Waals surface area (Å²) in [5.41, 5.74) is 2.32. The van der Waals surface area contributed by atoms with Crippen LogP contribution in [0.25, 0.3) is 0 Å². The number of nitrogens with zero attached hydrogens (tertiary/aromatic N) is 3. The van der Waals surface area contributed by atoms with Gasteiger partial charge in [0, 0.05) is 19.1 Å². The fourth-order valence-electron chi connectivity index (χ4n) is 2.53. The molecular weight excluding hydrogens is 272 g/mol. The number of rotatable bonds is 6. The summed E-state index contributed by atoms with van der Waals surface area (Å²) in [7, 11) is 0. The molecule has 0 saturated carbocycles. The Kier molecular flexibility index (Phi) is 4.92. The summed E-state index contributed by atoms with van der Waals surface area (Å²) in [5, 5.41) is 14.1. The van der Waals surface area contributed by atoms with Gasteiger partial charge in [0.15, 0.2) is 0 Å². The fourth-order valence-corrected chi connectivity index (χ4v) is 2.53. The van der Waals surface area contributed by atoms with Crippen LogP contribution in [-0.4, -0.2) is 40.5 Å². The van der Waals surface area contributed by atoms with Gasteiger partial charge in [-0.1, -0.05) is 0 Å². The molecule has 1 saturated heterocycles. The Balaban J connectivity index is 1.97. The molecule has 1 aromatic heterocycles. The summed E-state index contributed by atoms with van der Waals surface area (Å²) in [6.45, 7) is 7.28. The van der Waals surface area contributed by atoms with Crippen molar-refractivity contribution in [3.63, 3.8) is 0 Å². The standard InChI is InChI=1S/C13H22N6O2/c1-9(2)18-4-3-10(8-18)7-15-12-5-11(19(20)21)6-13(16-12)17-14/h5-6,9-10H,3-4,7-8,14H2,1-2H3,(H2,15,16,17). The largest absolute Gasteiger partial charge is 0.369 e. The number of nitrogens with one attached hydrogen (secondary N) is 2. The lowest BCUT2D eigenvalue weighted by Gasteiger charge is -2.20. The summed E-state index contributed by atoms with van der Waals surface area (Å²) in [6, 6.07) is 3.29. The number of aromatic nitrogens is 1. The summed E-state index contributed by atoms with van der Waals surface area (Å²) in [5.74, 6) is 6.57. The van der Waals surface area contributed by atoms with Crippen LogP contribution >= 0.6 is 0 Å². The van der Waals surface area contributed by atoms with E-state index in [-0.39, 0.29) is 11.5 Å². The van der Waals surface area contributed by atoms with Crippen LogP contribution in [0.1, 0.15) is 20.3 Å². The van der Waals surface area contributed by atoms with Crippen molar-refractivity contribution >= 4 is 17.3 Å². The molecule has 1 aromatic rings. The van der Waals surface area contributed by atoms with Gasteiger partial charge < -0.3 is 15.6 Å². The molecule has 8 nitrogen and oxygen atoms in total. The second kappa shape index (κ2) is 6.68. The molecule has 0 bridgehead atoms. The number of hydrazine groups is 1. The normalized spacial score (nSPS) is 19.0. The molecule has 8 heteroatoms. The molecule has 4 N–H and O–H groups in total. The van der Waals surface area contributed by atoms with E-state index in [0.29, 0.717) is 17.8 Å². The number of nitro groups is 1. The number of nitrogens with two attached hydrogens (primary N) is 1. The van der Waals surface area contributed by atoms with Crippen molar-refractivity contribution in [2.75, 3.05) is 30.4 Å². The van der Waals surface area contributed by atoms with Crippen LogP contribution in [0.2, 0.25) is 0 Å². The van der Waals surface area contributed by atoms with Gasteiger partial charge in [-0.05, 0) is 32.7 Å². The first-order valence-corrected chi connectivity index (χ1v) is 7.10. The van der Waals surface area contributed by atoms with Crippen LogP contribution in [-0.2, 0) is 0 Å². The maximum absolute atomic E-state index is 10.9. The van der Waals surface area contributed by atoms with Crippen molar-refractivity contribution in [3.8, 4) is 0 Å². The Morgan fingerprint density at radius 2 is 2.24 bits per heavy atom. The number of anilines is 2. The number of pyridine rings is 1. The molecule has 21 heavy (non-hydrogen) atoms. The SMILES string of the molecule is CC(C)N1CCC(CNc2cc([N+](=O)[O-])cc(NN)n2)C1. The molecule has 1 unspecified atom stereocenters. The quantitative estimate of drug-likeness (QED) is 0.413. The van der Waals surface area contributed by atoms with E-state index in [2.05, 4.69) is 34.5 Å². The van der Waals surface area contributed by atoms with Crippen LogP contribution < -0.4 is 16.6 Å². The van der Waals surface area contributed by atoms with Crippen molar-refractivity contribution in [3.05, 3.63) is 22.2 Å². The second-order valence-electron chi connectivity index (χ2n) is 5.62. The minimum atomic E-state index is -0.455. The smallest absolute Gasteiger partial charge is 0.276 e. The summed E-state index contributed by atoms with van der Waals surface area (Å²) in [4.78, 5) is 17.0. The zero-order valence-corrected chi connectivity index (χ0v) is 12.4. The molecule has 2 rings (SSSR count). The first-order chi connectivity index (χ1) is 9.99. The molecule has 1 fully saturated rings. The van der Waals surface area contributed by atoms with Gasteiger partial charge in [0.1, 0.15) is 11.6 Å². The zero-order valence-electron chi connectivity index (χ0n) is 12.4. The predicted molar refractivity (Wildman–Crippen MR) is 82.0 cm³/mol. The molecular formula is C13H22N6O2. The minimum absolute atomic E-state index is 0.0318. The van der Waals surface area contributed by atoms with Crippen molar-refractivity contribution in [2.45, 2.75) is 26.3 Å².